The van der Waals surface area contributed by atoms with Gasteiger partial charge in [-0.2, -0.15) is 0 Å². The third kappa shape index (κ3) is 8.03. The van der Waals surface area contributed by atoms with Gasteiger partial charge in [-0.3, -0.25) is 9.69 Å². The number of carboxylic acid groups (broad SMARTS) is 1. The number of thiocarbonyl (C=S) groups is 1. The van der Waals surface area contributed by atoms with E-state index in [0.717, 1.165) is 30.2 Å². The number of rotatable bonds is 15. The molecule has 1 aliphatic heterocycles. The van der Waals surface area contributed by atoms with Gasteiger partial charge in [0, 0.05) is 0 Å². The van der Waals surface area contributed by atoms with Crippen LogP contribution >= 0.6 is 24.0 Å². The fraction of sp³-hybridized carbons (Fsp3) is 0.560. The van der Waals surface area contributed by atoms with E-state index >= 15 is 0 Å². The molecule has 1 aromatic carbocycles. The Balaban J connectivity index is 2.09. The number of nitrogens with zero attached hydrogens (tertiary/aromatic N) is 1. The van der Waals surface area contributed by atoms with E-state index in [9.17, 15) is 14.7 Å². The molecular weight excluding hydrogens is 458 g/mol. The monoisotopic (exact) mass is 493 g/mol. The normalized spacial score (nSPS) is 15.8. The minimum Gasteiger partial charge on any atom is -0.490 e. The summed E-state index contributed by atoms with van der Waals surface area (Å²) in [5.74, 6) is -0.0989. The van der Waals surface area contributed by atoms with Gasteiger partial charge in [0.15, 0.2) is 11.5 Å². The maximum atomic E-state index is 12.9. The molecule has 8 heteroatoms. The number of carbonyl (C=O) groups excluding carboxylic acids is 1. The minimum absolute atomic E-state index is 0.274. The minimum atomic E-state index is -1.04. The summed E-state index contributed by atoms with van der Waals surface area (Å²) in [6, 6.07) is 4.62. The first-order valence-electron chi connectivity index (χ1n) is 11.8. The predicted octanol–water partition coefficient (Wildman–Crippen LogP) is 6.28. The van der Waals surface area contributed by atoms with Crippen molar-refractivity contribution in [1.82, 2.24) is 4.90 Å². The van der Waals surface area contributed by atoms with Gasteiger partial charge < -0.3 is 14.6 Å². The fourth-order valence-electron chi connectivity index (χ4n) is 3.60. The van der Waals surface area contributed by atoms with Crippen molar-refractivity contribution in [3.63, 3.8) is 0 Å². The van der Waals surface area contributed by atoms with E-state index in [1.54, 1.807) is 6.08 Å². The van der Waals surface area contributed by atoms with Gasteiger partial charge in [-0.05, 0) is 43.5 Å². The number of carbonyl (C=O) groups is 2. The second kappa shape index (κ2) is 14.3. The lowest BCUT2D eigenvalue weighted by Crippen LogP contribution is -2.43. The Morgan fingerprint density at radius 2 is 1.82 bits per heavy atom. The molecule has 6 nitrogen and oxygen atoms in total. The third-order valence-electron chi connectivity index (χ3n) is 5.30. The summed E-state index contributed by atoms with van der Waals surface area (Å²) in [5.41, 5.74) is 0.772. The topological polar surface area (TPSA) is 76.1 Å². The van der Waals surface area contributed by atoms with Crippen molar-refractivity contribution < 1.29 is 24.2 Å². The number of hydrogen-bond donors (Lipinski definition) is 1. The molecule has 0 radical (unpaired) electrons. The number of amides is 1. The molecule has 0 spiro atoms. The number of carboxylic acids is 1. The average Bonchev–Trinajstić information content (AvgIpc) is 3.05. The molecule has 1 N–H and O–H groups in total. The number of hydrogen-bond acceptors (Lipinski definition) is 6. The van der Waals surface area contributed by atoms with E-state index < -0.39 is 12.0 Å². The van der Waals surface area contributed by atoms with Crippen molar-refractivity contribution in [3.8, 4) is 11.5 Å². The summed E-state index contributed by atoms with van der Waals surface area (Å²) in [5, 5.41) is 9.53. The highest BCUT2D eigenvalue weighted by molar-refractivity contribution is 8.26. The molecule has 1 heterocycles. The van der Waals surface area contributed by atoms with Crippen molar-refractivity contribution in [2.45, 2.75) is 78.2 Å². The molecule has 0 bridgehead atoms. The molecule has 1 aromatic rings. The van der Waals surface area contributed by atoms with Crippen LogP contribution in [0, 0.1) is 0 Å². The highest BCUT2D eigenvalue weighted by Crippen LogP contribution is 2.36. The standard InChI is InChI=1S/C25H35NO5S2/c1-4-7-8-9-10-11-15-31-20-14-13-18(16-21(20)30-6-3)17-22-23(27)26(25(32)33-22)19(12-5-2)24(28)29/h13-14,16-17,19H,4-12,15H2,1-3H3,(H,28,29)/b22-17+/t19-/m1/s1. The zero-order valence-corrected chi connectivity index (χ0v) is 21.4. The SMILES string of the molecule is CCCCCCCCOc1ccc(/C=C2/SC(=S)N([C@H](CCC)C(=O)O)C2=O)cc1OCC. The Kier molecular flexibility index (Phi) is 11.7. The van der Waals surface area contributed by atoms with E-state index in [1.807, 2.05) is 32.0 Å². The van der Waals surface area contributed by atoms with Gasteiger partial charge in [0.2, 0.25) is 0 Å². The first-order chi connectivity index (χ1) is 15.9. The second-order valence-corrected chi connectivity index (χ2v) is 9.63. The Bertz CT molecular complexity index is 855. The number of unbranched alkanes of at least 4 members (excludes halogenated alkanes) is 5. The average molecular weight is 494 g/mol. The van der Waals surface area contributed by atoms with Crippen LogP contribution in [0.15, 0.2) is 23.1 Å². The largest absolute Gasteiger partial charge is 0.490 e. The lowest BCUT2D eigenvalue weighted by atomic mass is 10.1. The van der Waals surface area contributed by atoms with Gasteiger partial charge in [0.25, 0.3) is 5.91 Å². The van der Waals surface area contributed by atoms with Crippen LogP contribution in [0.2, 0.25) is 0 Å². The lowest BCUT2D eigenvalue weighted by molar-refractivity contribution is -0.145. The van der Waals surface area contributed by atoms with Crippen molar-refractivity contribution in [3.05, 3.63) is 28.7 Å². The van der Waals surface area contributed by atoms with Crippen molar-refractivity contribution in [1.29, 1.82) is 0 Å². The summed E-state index contributed by atoms with van der Waals surface area (Å²) < 4.78 is 12.0. The van der Waals surface area contributed by atoms with Crippen LogP contribution < -0.4 is 9.47 Å². The Hall–Kier alpha value is -2.06. The predicted molar refractivity (Wildman–Crippen MR) is 138 cm³/mol. The van der Waals surface area contributed by atoms with Crippen molar-refractivity contribution >= 4 is 46.3 Å². The third-order valence-corrected chi connectivity index (χ3v) is 6.63. The number of thioether (sulfide) groups is 1. The maximum Gasteiger partial charge on any atom is 0.326 e. The van der Waals surface area contributed by atoms with Gasteiger partial charge in [0.05, 0.1) is 18.1 Å². The van der Waals surface area contributed by atoms with E-state index in [4.69, 9.17) is 21.7 Å². The first-order valence-corrected chi connectivity index (χ1v) is 13.0. The van der Waals surface area contributed by atoms with E-state index in [0.29, 0.717) is 42.5 Å². The molecule has 1 atom stereocenters. The molecule has 182 valence electrons. The Morgan fingerprint density at radius 1 is 1.09 bits per heavy atom. The van der Waals surface area contributed by atoms with Crippen LogP contribution in [0.4, 0.5) is 0 Å². The molecule has 0 aromatic heterocycles. The molecule has 1 saturated heterocycles. The fourth-order valence-corrected chi connectivity index (χ4v) is 4.96. The molecule has 0 aliphatic carbocycles. The number of aliphatic carboxylic acids is 1. The molecule has 2 rings (SSSR count). The van der Waals surface area contributed by atoms with Gasteiger partial charge in [-0.15, -0.1) is 0 Å². The quantitative estimate of drug-likeness (QED) is 0.175. The van der Waals surface area contributed by atoms with E-state index in [2.05, 4.69) is 6.92 Å². The highest BCUT2D eigenvalue weighted by Gasteiger charge is 2.39. The van der Waals surface area contributed by atoms with E-state index in [1.165, 1.54) is 30.6 Å². The van der Waals surface area contributed by atoms with Gasteiger partial charge >= 0.3 is 5.97 Å². The molecular formula is C25H35NO5S2. The zero-order chi connectivity index (χ0) is 24.2. The van der Waals surface area contributed by atoms with Crippen LogP contribution in [-0.4, -0.2) is 45.5 Å². The van der Waals surface area contributed by atoms with Gasteiger partial charge in [0.1, 0.15) is 10.4 Å². The van der Waals surface area contributed by atoms with Gasteiger partial charge in [-0.25, -0.2) is 4.79 Å². The second-order valence-electron chi connectivity index (χ2n) is 7.95. The van der Waals surface area contributed by atoms with Crippen molar-refractivity contribution in [2.75, 3.05) is 13.2 Å². The summed E-state index contributed by atoms with van der Waals surface area (Å²) in [4.78, 5) is 26.2. The van der Waals surface area contributed by atoms with Gasteiger partial charge in [-0.1, -0.05) is 82.4 Å². The molecule has 33 heavy (non-hydrogen) atoms. The number of benzene rings is 1. The van der Waals surface area contributed by atoms with Crippen LogP contribution in [-0.2, 0) is 9.59 Å². The highest BCUT2D eigenvalue weighted by atomic mass is 32.2. The van der Waals surface area contributed by atoms with Crippen LogP contribution in [0.1, 0.15) is 77.7 Å². The molecule has 1 amide bonds. The van der Waals surface area contributed by atoms with E-state index in [-0.39, 0.29) is 10.2 Å². The van der Waals surface area contributed by atoms with Crippen LogP contribution in [0.3, 0.4) is 0 Å². The molecule has 1 fully saturated rings. The first kappa shape index (κ1) is 27.2. The summed E-state index contributed by atoms with van der Waals surface area (Å²) >= 11 is 6.45. The summed E-state index contributed by atoms with van der Waals surface area (Å²) in [7, 11) is 0. The maximum absolute atomic E-state index is 12.9. The molecule has 0 saturated carbocycles. The number of ether oxygens (including phenoxy) is 2. The van der Waals surface area contributed by atoms with Crippen LogP contribution in [0.5, 0.6) is 11.5 Å². The summed E-state index contributed by atoms with van der Waals surface area (Å²) in [6.07, 6.45) is 9.90. The summed E-state index contributed by atoms with van der Waals surface area (Å²) in [6.45, 7) is 7.14. The van der Waals surface area contributed by atoms with Crippen LogP contribution in [0.25, 0.3) is 6.08 Å². The van der Waals surface area contributed by atoms with Crippen molar-refractivity contribution in [2.24, 2.45) is 0 Å². The lowest BCUT2D eigenvalue weighted by Gasteiger charge is -2.22. The Morgan fingerprint density at radius 3 is 2.48 bits per heavy atom. The molecule has 0 unspecified atom stereocenters. The smallest absolute Gasteiger partial charge is 0.326 e. The molecule has 1 aliphatic rings. The Labute approximate surface area is 206 Å². The zero-order valence-electron chi connectivity index (χ0n) is 19.8.